The van der Waals surface area contributed by atoms with Gasteiger partial charge in [0.25, 0.3) is 0 Å². The molecule has 0 saturated carbocycles. The molecule has 1 aliphatic heterocycles. The first kappa shape index (κ1) is 18.1. The number of hydrogen-bond acceptors (Lipinski definition) is 3. The van der Waals surface area contributed by atoms with E-state index in [1.165, 1.54) is 0 Å². The van der Waals surface area contributed by atoms with E-state index >= 15 is 0 Å². The average Bonchev–Trinajstić information content (AvgIpc) is 2.81. The molecule has 1 fully saturated rings. The number of benzene rings is 1. The van der Waals surface area contributed by atoms with Gasteiger partial charge in [-0.05, 0) is 45.7 Å². The van der Waals surface area contributed by atoms with Crippen molar-refractivity contribution >= 4 is 40.3 Å². The largest absolute Gasteiger partial charge is 0.444 e. The van der Waals surface area contributed by atoms with E-state index in [9.17, 15) is 9.59 Å². The molecule has 0 radical (unpaired) electrons. The maximum absolute atomic E-state index is 12.4. The number of carbonyl (C=O) groups excluding carboxylic acids is 1. The summed E-state index contributed by atoms with van der Waals surface area (Å²) in [5.74, 6) is 0. The number of ether oxygens (including phenoxy) is 1. The Morgan fingerprint density at radius 1 is 1.20 bits per heavy atom. The summed E-state index contributed by atoms with van der Waals surface area (Å²) in [4.78, 5) is 29.0. The van der Waals surface area contributed by atoms with Crippen LogP contribution in [0.4, 0.5) is 4.79 Å². The molecular weight excluding hydrogens is 365 g/mol. The Balaban J connectivity index is 1.79. The minimum Gasteiger partial charge on any atom is -0.444 e. The molecule has 0 spiro atoms. The number of hydrogen-bond donors (Lipinski definition) is 1. The molecule has 136 valence electrons. The van der Waals surface area contributed by atoms with Crippen LogP contribution in [0.1, 0.15) is 39.7 Å². The van der Waals surface area contributed by atoms with Crippen LogP contribution in [0, 0.1) is 0 Å². The minimum atomic E-state index is -0.516. The number of rotatable bonds is 1. The molecule has 6 nitrogen and oxygen atoms in total. The highest BCUT2D eigenvalue weighted by atomic mass is 35.5. The smallest absolute Gasteiger partial charge is 0.410 e. The van der Waals surface area contributed by atoms with E-state index < -0.39 is 5.60 Å². The lowest BCUT2D eigenvalue weighted by Gasteiger charge is -2.33. The zero-order valence-electron chi connectivity index (χ0n) is 14.4. The van der Waals surface area contributed by atoms with E-state index in [1.54, 1.807) is 21.6 Å². The number of fused-ring (bicyclic) bond motifs is 1. The zero-order chi connectivity index (χ0) is 18.4. The molecule has 8 heteroatoms. The van der Waals surface area contributed by atoms with Crippen molar-refractivity contribution in [3.8, 4) is 0 Å². The molecule has 2 aromatic rings. The van der Waals surface area contributed by atoms with Crippen molar-refractivity contribution in [1.29, 1.82) is 0 Å². The van der Waals surface area contributed by atoms with Gasteiger partial charge < -0.3 is 14.6 Å². The van der Waals surface area contributed by atoms with Gasteiger partial charge in [0, 0.05) is 19.1 Å². The summed E-state index contributed by atoms with van der Waals surface area (Å²) in [7, 11) is 0. The fourth-order valence-electron chi connectivity index (χ4n) is 3.12. The second-order valence-corrected chi connectivity index (χ2v) is 8.10. The summed E-state index contributed by atoms with van der Waals surface area (Å²) in [6.45, 7) is 6.62. The number of nitrogens with one attached hydrogen (secondary N) is 1. The van der Waals surface area contributed by atoms with Gasteiger partial charge in [0.1, 0.15) is 5.60 Å². The molecule has 2 heterocycles. The maximum Gasteiger partial charge on any atom is 0.410 e. The maximum atomic E-state index is 12.4. The van der Waals surface area contributed by atoms with Crippen molar-refractivity contribution in [2.45, 2.75) is 45.3 Å². The van der Waals surface area contributed by atoms with Crippen LogP contribution in [0.3, 0.4) is 0 Å². The lowest BCUT2D eigenvalue weighted by atomic mass is 10.0. The second-order valence-electron chi connectivity index (χ2n) is 7.28. The number of H-pyrrole nitrogens is 1. The van der Waals surface area contributed by atoms with Gasteiger partial charge in [0.15, 0.2) is 0 Å². The summed E-state index contributed by atoms with van der Waals surface area (Å²) < 4.78 is 7.12. The highest BCUT2D eigenvalue weighted by Gasteiger charge is 2.29. The van der Waals surface area contributed by atoms with Crippen LogP contribution >= 0.6 is 23.2 Å². The Hall–Kier alpha value is -1.66. The second kappa shape index (κ2) is 6.57. The number of aromatic amines is 1. The Morgan fingerprint density at radius 2 is 1.80 bits per heavy atom. The first-order valence-electron chi connectivity index (χ1n) is 8.23. The fourth-order valence-corrected chi connectivity index (χ4v) is 3.44. The molecule has 1 aromatic heterocycles. The topological polar surface area (TPSA) is 67.3 Å². The van der Waals surface area contributed by atoms with Gasteiger partial charge in [-0.2, -0.15) is 0 Å². The average molecular weight is 386 g/mol. The van der Waals surface area contributed by atoms with Crippen molar-refractivity contribution < 1.29 is 9.53 Å². The third kappa shape index (κ3) is 3.80. The number of halogens is 2. The van der Waals surface area contributed by atoms with Crippen LogP contribution in [0.15, 0.2) is 16.9 Å². The third-order valence-corrected chi connectivity index (χ3v) is 4.96. The summed E-state index contributed by atoms with van der Waals surface area (Å²) in [6, 6.07) is 3.36. The molecule has 0 bridgehead atoms. The number of amides is 1. The minimum absolute atomic E-state index is 0.00261. The van der Waals surface area contributed by atoms with Crippen LogP contribution in [0.5, 0.6) is 0 Å². The molecule has 1 N–H and O–H groups in total. The first-order valence-corrected chi connectivity index (χ1v) is 8.98. The summed E-state index contributed by atoms with van der Waals surface area (Å²) in [5, 5.41) is 0.815. The van der Waals surface area contributed by atoms with Crippen molar-refractivity contribution in [2.24, 2.45) is 0 Å². The van der Waals surface area contributed by atoms with E-state index in [1.807, 2.05) is 20.8 Å². The number of carbonyl (C=O) groups is 1. The number of piperidine rings is 1. The lowest BCUT2D eigenvalue weighted by molar-refractivity contribution is 0.0189. The van der Waals surface area contributed by atoms with Crippen LogP contribution in [-0.4, -0.2) is 39.2 Å². The van der Waals surface area contributed by atoms with Crippen LogP contribution < -0.4 is 5.69 Å². The van der Waals surface area contributed by atoms with Gasteiger partial charge in [-0.25, -0.2) is 9.59 Å². The van der Waals surface area contributed by atoms with Crippen molar-refractivity contribution in [2.75, 3.05) is 13.1 Å². The van der Waals surface area contributed by atoms with Crippen LogP contribution in [-0.2, 0) is 4.74 Å². The highest BCUT2D eigenvalue weighted by molar-refractivity contribution is 6.42. The number of imidazole rings is 1. The molecule has 0 unspecified atom stereocenters. The molecular formula is C17H21Cl2N3O3. The van der Waals surface area contributed by atoms with Gasteiger partial charge in [-0.3, -0.25) is 4.57 Å². The molecule has 0 aliphatic carbocycles. The Morgan fingerprint density at radius 3 is 2.40 bits per heavy atom. The van der Waals surface area contributed by atoms with E-state index in [0.717, 1.165) is 5.52 Å². The summed E-state index contributed by atoms with van der Waals surface area (Å²) in [5.41, 5.74) is 0.686. The predicted octanol–water partition coefficient (Wildman–Crippen LogP) is 4.21. The Labute approximate surface area is 155 Å². The summed E-state index contributed by atoms with van der Waals surface area (Å²) in [6.07, 6.45) is 1.03. The van der Waals surface area contributed by atoms with E-state index in [2.05, 4.69) is 4.98 Å². The van der Waals surface area contributed by atoms with Gasteiger partial charge in [-0.15, -0.1) is 0 Å². The zero-order valence-corrected chi connectivity index (χ0v) is 15.9. The fraction of sp³-hybridized carbons (Fsp3) is 0.529. The Bertz CT molecular complexity index is 858. The number of aromatic nitrogens is 2. The summed E-state index contributed by atoms with van der Waals surface area (Å²) >= 11 is 12.1. The first-order chi connectivity index (χ1) is 11.7. The van der Waals surface area contributed by atoms with Gasteiger partial charge in [-0.1, -0.05) is 23.2 Å². The SMILES string of the molecule is CC(C)(C)OC(=O)N1CCC(n2c(=O)[nH]c3cc(Cl)c(Cl)cc32)CC1. The molecule has 1 aromatic carbocycles. The highest BCUT2D eigenvalue weighted by Crippen LogP contribution is 2.30. The van der Waals surface area contributed by atoms with Crippen LogP contribution in [0.25, 0.3) is 11.0 Å². The normalized spacial score (nSPS) is 16.4. The van der Waals surface area contributed by atoms with E-state index in [0.29, 0.717) is 41.5 Å². The number of nitrogens with zero attached hydrogens (tertiary/aromatic N) is 2. The predicted molar refractivity (Wildman–Crippen MR) is 98.7 cm³/mol. The molecule has 3 rings (SSSR count). The lowest BCUT2D eigenvalue weighted by Crippen LogP contribution is -2.43. The monoisotopic (exact) mass is 385 g/mol. The van der Waals surface area contributed by atoms with Crippen molar-refractivity contribution in [3.05, 3.63) is 32.7 Å². The van der Waals surface area contributed by atoms with Crippen LogP contribution in [0.2, 0.25) is 10.0 Å². The standard InChI is InChI=1S/C17H21Cl2N3O3/c1-17(2,3)25-16(24)21-6-4-10(5-7-21)22-14-9-12(19)11(18)8-13(14)20-15(22)23/h8-10H,4-7H2,1-3H3,(H,20,23). The Kier molecular flexibility index (Phi) is 4.77. The third-order valence-electron chi connectivity index (χ3n) is 4.24. The van der Waals surface area contributed by atoms with Crippen molar-refractivity contribution in [3.63, 3.8) is 0 Å². The van der Waals surface area contributed by atoms with Gasteiger partial charge in [0.2, 0.25) is 0 Å². The quantitative estimate of drug-likeness (QED) is 0.799. The molecule has 1 saturated heterocycles. The molecule has 1 aliphatic rings. The molecule has 1 amide bonds. The van der Waals surface area contributed by atoms with Gasteiger partial charge in [0.05, 0.1) is 21.1 Å². The van der Waals surface area contributed by atoms with E-state index in [4.69, 9.17) is 27.9 Å². The number of likely N-dealkylation sites (tertiary alicyclic amines) is 1. The van der Waals surface area contributed by atoms with Gasteiger partial charge >= 0.3 is 11.8 Å². The van der Waals surface area contributed by atoms with Crippen molar-refractivity contribution in [1.82, 2.24) is 14.5 Å². The van der Waals surface area contributed by atoms with E-state index in [-0.39, 0.29) is 17.8 Å². The molecule has 25 heavy (non-hydrogen) atoms. The molecule has 0 atom stereocenters.